The molecule has 3 aliphatic carbocycles. The maximum Gasteiger partial charge on any atom is 0.0642 e. The first-order valence-corrected chi connectivity index (χ1v) is 23.7. The number of hydrogen-bond acceptors (Lipinski definition) is 2. The van der Waals surface area contributed by atoms with Gasteiger partial charge < -0.3 is 9.80 Å². The van der Waals surface area contributed by atoms with Gasteiger partial charge in [-0.1, -0.05) is 192 Å². The van der Waals surface area contributed by atoms with Gasteiger partial charge in [0.2, 0.25) is 0 Å². The van der Waals surface area contributed by atoms with Crippen LogP contribution in [0.3, 0.4) is 0 Å². The summed E-state index contributed by atoms with van der Waals surface area (Å²) in [6.45, 7) is 11.9. The average Bonchev–Trinajstić information content (AvgIpc) is 3.72. The number of allylic oxidation sites excluding steroid dienone is 2. The van der Waals surface area contributed by atoms with Crippen molar-refractivity contribution in [3.05, 3.63) is 257 Å². The number of rotatable bonds is 10. The number of para-hydroxylation sites is 3. The molecule has 1 unspecified atom stereocenters. The zero-order chi connectivity index (χ0) is 45.8. The second-order valence-electron chi connectivity index (χ2n) is 19.7. The molecule has 0 bridgehead atoms. The van der Waals surface area contributed by atoms with Crippen LogP contribution in [0.5, 0.6) is 0 Å². The van der Waals surface area contributed by atoms with Gasteiger partial charge in [0.25, 0.3) is 0 Å². The smallest absolute Gasteiger partial charge is 0.0642 e. The highest BCUT2D eigenvalue weighted by atomic mass is 15.2. The molecule has 2 heteroatoms. The van der Waals surface area contributed by atoms with Crippen LogP contribution in [0.15, 0.2) is 212 Å². The maximum absolute atomic E-state index is 2.51. The minimum Gasteiger partial charge on any atom is -0.332 e. The second kappa shape index (κ2) is 16.6. The van der Waals surface area contributed by atoms with Crippen molar-refractivity contribution < 1.29 is 0 Å². The minimum atomic E-state index is -0.144. The van der Waals surface area contributed by atoms with Crippen molar-refractivity contribution in [2.45, 2.75) is 57.4 Å². The standard InChI is InChI=1S/C65H56N2/c1-63(2)59-42-48(26-24-46-28-34-52(35-29-46)66(50-18-10-6-11-19-50)51-20-12-7-13-21-51)32-38-55(59)57-44-62-58(45-61(57)63)56-39-33-49(43-60(56)64(62,3)4)27-25-47-30-36-54(37-31-47)67(53-22-14-8-15-23-53)65(5)40-16-9-17-41-65/h6-40,42-45H,41H2,1-5H3/b26-24+,27-25+. The fourth-order valence-electron chi connectivity index (χ4n) is 10.9. The number of hydrogen-bond donors (Lipinski definition) is 0. The van der Waals surface area contributed by atoms with Crippen LogP contribution in [0.4, 0.5) is 28.4 Å². The third-order valence-electron chi connectivity index (χ3n) is 14.5. The van der Waals surface area contributed by atoms with Gasteiger partial charge in [-0.05, 0) is 153 Å². The summed E-state index contributed by atoms with van der Waals surface area (Å²) in [7, 11) is 0. The van der Waals surface area contributed by atoms with Gasteiger partial charge in [-0.25, -0.2) is 0 Å². The molecule has 0 aliphatic heterocycles. The third kappa shape index (κ3) is 7.57. The lowest BCUT2D eigenvalue weighted by molar-refractivity contribution is 0.570. The van der Waals surface area contributed by atoms with Crippen LogP contribution in [-0.4, -0.2) is 5.54 Å². The molecule has 67 heavy (non-hydrogen) atoms. The molecule has 0 spiro atoms. The normalized spacial score (nSPS) is 17.0. The first-order valence-electron chi connectivity index (χ1n) is 23.7. The molecule has 0 radical (unpaired) electrons. The van der Waals surface area contributed by atoms with Crippen LogP contribution in [0.25, 0.3) is 46.6 Å². The fourth-order valence-corrected chi connectivity index (χ4v) is 10.9. The molecular formula is C65H56N2. The van der Waals surface area contributed by atoms with Gasteiger partial charge in [-0.3, -0.25) is 0 Å². The molecule has 326 valence electrons. The van der Waals surface area contributed by atoms with Crippen LogP contribution >= 0.6 is 0 Å². The zero-order valence-corrected chi connectivity index (χ0v) is 39.1. The highest BCUT2D eigenvalue weighted by Gasteiger charge is 2.42. The van der Waals surface area contributed by atoms with Crippen molar-refractivity contribution in [3.63, 3.8) is 0 Å². The van der Waals surface area contributed by atoms with Crippen LogP contribution in [0.2, 0.25) is 0 Å². The van der Waals surface area contributed by atoms with E-state index in [0.717, 1.165) is 23.5 Å². The van der Waals surface area contributed by atoms with Crippen molar-refractivity contribution in [2.75, 3.05) is 9.80 Å². The molecule has 0 amide bonds. The van der Waals surface area contributed by atoms with Gasteiger partial charge in [0.05, 0.1) is 5.54 Å². The SMILES string of the molecule is CC1(C)c2cc(/C=C/c3ccc(N(c4ccccc4)c4ccccc4)cc3)ccc2-c2cc3c(cc21)-c1ccc(/C=C/c2ccc(N(c4ccccc4)C4(C)C=CC=CC4)cc2)cc1C3(C)C. The Morgan fingerprint density at radius 3 is 1.18 bits per heavy atom. The largest absolute Gasteiger partial charge is 0.332 e. The summed E-state index contributed by atoms with van der Waals surface area (Å²) in [5.41, 5.74) is 21.2. The van der Waals surface area contributed by atoms with E-state index in [2.05, 4.69) is 281 Å². The van der Waals surface area contributed by atoms with E-state index < -0.39 is 0 Å². The summed E-state index contributed by atoms with van der Waals surface area (Å²) >= 11 is 0. The number of anilines is 5. The van der Waals surface area contributed by atoms with E-state index in [1.165, 1.54) is 78.1 Å². The topological polar surface area (TPSA) is 6.48 Å². The van der Waals surface area contributed by atoms with E-state index in [-0.39, 0.29) is 16.4 Å². The van der Waals surface area contributed by atoms with Gasteiger partial charge in [0.15, 0.2) is 0 Å². The van der Waals surface area contributed by atoms with Crippen LogP contribution in [0, 0.1) is 0 Å². The van der Waals surface area contributed by atoms with Gasteiger partial charge in [0, 0.05) is 39.3 Å². The Kier molecular flexibility index (Phi) is 10.4. The molecule has 0 saturated heterocycles. The summed E-state index contributed by atoms with van der Waals surface area (Å²) in [5.74, 6) is 0. The van der Waals surface area contributed by atoms with Crippen molar-refractivity contribution >= 4 is 52.7 Å². The van der Waals surface area contributed by atoms with Crippen molar-refractivity contribution in [1.29, 1.82) is 0 Å². The number of fused-ring (bicyclic) bond motifs is 6. The second-order valence-corrected chi connectivity index (χ2v) is 19.7. The Hall–Kier alpha value is -7.68. The highest BCUT2D eigenvalue weighted by Crippen LogP contribution is 2.56. The summed E-state index contributed by atoms with van der Waals surface area (Å²) < 4.78 is 0. The Balaban J connectivity index is 0.824. The van der Waals surface area contributed by atoms with Crippen LogP contribution in [0.1, 0.15) is 85.5 Å². The van der Waals surface area contributed by atoms with Crippen LogP contribution < -0.4 is 9.80 Å². The monoisotopic (exact) mass is 864 g/mol. The molecule has 0 fully saturated rings. The average molecular weight is 865 g/mol. The van der Waals surface area contributed by atoms with Gasteiger partial charge in [-0.2, -0.15) is 0 Å². The fraction of sp³-hybridized carbons (Fsp3) is 0.138. The Bertz CT molecular complexity index is 3200. The van der Waals surface area contributed by atoms with Gasteiger partial charge >= 0.3 is 0 Å². The molecule has 8 aromatic carbocycles. The highest BCUT2D eigenvalue weighted by molar-refractivity contribution is 5.91. The third-order valence-corrected chi connectivity index (χ3v) is 14.5. The van der Waals surface area contributed by atoms with E-state index in [4.69, 9.17) is 0 Å². The van der Waals surface area contributed by atoms with Gasteiger partial charge in [0.1, 0.15) is 0 Å². The molecule has 3 aliphatic rings. The summed E-state index contributed by atoms with van der Waals surface area (Å²) in [5, 5.41) is 0. The Morgan fingerprint density at radius 1 is 0.358 bits per heavy atom. The lowest BCUT2D eigenvalue weighted by Crippen LogP contribution is -2.42. The Morgan fingerprint density at radius 2 is 0.731 bits per heavy atom. The summed E-state index contributed by atoms with van der Waals surface area (Å²) in [6, 6.07) is 68.9. The minimum absolute atomic E-state index is 0.130. The summed E-state index contributed by atoms with van der Waals surface area (Å²) in [6.07, 6.45) is 18.9. The molecule has 2 nitrogen and oxygen atoms in total. The quantitative estimate of drug-likeness (QED) is 0.126. The van der Waals surface area contributed by atoms with Gasteiger partial charge in [-0.15, -0.1) is 0 Å². The molecule has 0 heterocycles. The molecule has 0 N–H and O–H groups in total. The lowest BCUT2D eigenvalue weighted by Gasteiger charge is -2.41. The molecular weight excluding hydrogens is 809 g/mol. The van der Waals surface area contributed by atoms with E-state index in [1.54, 1.807) is 0 Å². The molecule has 1 atom stereocenters. The maximum atomic E-state index is 2.51. The van der Waals surface area contributed by atoms with E-state index in [0.29, 0.717) is 0 Å². The van der Waals surface area contributed by atoms with Crippen molar-refractivity contribution in [2.24, 2.45) is 0 Å². The van der Waals surface area contributed by atoms with E-state index in [9.17, 15) is 0 Å². The van der Waals surface area contributed by atoms with E-state index >= 15 is 0 Å². The predicted molar refractivity (Wildman–Crippen MR) is 287 cm³/mol. The first-order chi connectivity index (χ1) is 32.6. The number of nitrogens with zero attached hydrogens (tertiary/aromatic N) is 2. The van der Waals surface area contributed by atoms with E-state index in [1.807, 2.05) is 0 Å². The summed E-state index contributed by atoms with van der Waals surface area (Å²) in [4.78, 5) is 4.76. The molecule has 0 saturated carbocycles. The molecule has 11 rings (SSSR count). The molecule has 0 aromatic heterocycles. The first kappa shape index (κ1) is 42.0. The van der Waals surface area contributed by atoms with Crippen molar-refractivity contribution in [3.8, 4) is 22.3 Å². The zero-order valence-electron chi connectivity index (χ0n) is 39.1. The predicted octanol–water partition coefficient (Wildman–Crippen LogP) is 17.5. The Labute approximate surface area is 397 Å². The molecule has 8 aromatic rings. The van der Waals surface area contributed by atoms with Crippen molar-refractivity contribution in [1.82, 2.24) is 0 Å². The number of benzene rings is 8. The van der Waals surface area contributed by atoms with Crippen LogP contribution in [-0.2, 0) is 10.8 Å². The lowest BCUT2D eigenvalue weighted by atomic mass is 9.79.